The second kappa shape index (κ2) is 7.00. The number of hydrogen-bond acceptors (Lipinski definition) is 5. The Hall–Kier alpha value is -2.15. The lowest BCUT2D eigenvalue weighted by atomic mass is 9.98. The molecule has 1 aliphatic heterocycles. The van der Waals surface area contributed by atoms with Gasteiger partial charge in [0.2, 0.25) is 0 Å². The molecule has 0 spiro atoms. The fraction of sp³-hybridized carbons (Fsp3) is 0.611. The van der Waals surface area contributed by atoms with E-state index in [1.165, 1.54) is 0 Å². The van der Waals surface area contributed by atoms with E-state index in [4.69, 9.17) is 9.26 Å². The molecule has 2 aromatic heterocycles. The van der Waals surface area contributed by atoms with Crippen LogP contribution in [0.15, 0.2) is 10.9 Å². The van der Waals surface area contributed by atoms with Crippen molar-refractivity contribution in [1.29, 1.82) is 0 Å². The molecule has 1 aliphatic rings. The van der Waals surface area contributed by atoms with E-state index in [9.17, 15) is 4.79 Å². The molecule has 25 heavy (non-hydrogen) atoms. The Morgan fingerprint density at radius 3 is 2.84 bits per heavy atom. The van der Waals surface area contributed by atoms with Gasteiger partial charge in [-0.1, -0.05) is 19.0 Å². The standard InChI is InChI=1S/C18H26N4O3/c1-11(2)8-24-9-14-6-22(7-15-17(14)21(5)10-19-15)18(23)16-12(3)20-25-13(16)4/h10-11,14H,6-9H2,1-5H3/t14-/m1/s1. The van der Waals surface area contributed by atoms with Gasteiger partial charge < -0.3 is 18.7 Å². The van der Waals surface area contributed by atoms with Gasteiger partial charge in [-0.15, -0.1) is 0 Å². The summed E-state index contributed by atoms with van der Waals surface area (Å²) >= 11 is 0. The van der Waals surface area contributed by atoms with Crippen molar-refractivity contribution in [3.8, 4) is 0 Å². The Labute approximate surface area is 148 Å². The summed E-state index contributed by atoms with van der Waals surface area (Å²) in [5.74, 6) is 1.09. The van der Waals surface area contributed by atoms with Crippen LogP contribution in [0.3, 0.4) is 0 Å². The number of aromatic nitrogens is 3. The number of amides is 1. The number of nitrogens with zero attached hydrogens (tertiary/aromatic N) is 4. The number of aryl methyl sites for hydroxylation is 3. The van der Waals surface area contributed by atoms with Crippen molar-refractivity contribution in [3.05, 3.63) is 34.7 Å². The molecule has 1 amide bonds. The maximum Gasteiger partial charge on any atom is 0.259 e. The molecule has 0 saturated heterocycles. The Morgan fingerprint density at radius 1 is 1.44 bits per heavy atom. The van der Waals surface area contributed by atoms with Gasteiger partial charge in [-0.3, -0.25) is 4.79 Å². The minimum absolute atomic E-state index is 0.0542. The molecule has 0 aliphatic carbocycles. The Bertz CT molecular complexity index is 743. The molecule has 0 unspecified atom stereocenters. The van der Waals surface area contributed by atoms with Crippen molar-refractivity contribution in [3.63, 3.8) is 0 Å². The third-order valence-corrected chi connectivity index (χ3v) is 4.54. The van der Waals surface area contributed by atoms with E-state index >= 15 is 0 Å². The second-order valence-electron chi connectivity index (χ2n) is 7.20. The SMILES string of the molecule is Cc1noc(C)c1C(=O)N1Cc2ncn(C)c2[C@@H](COCC(C)C)C1. The van der Waals surface area contributed by atoms with Crippen LogP contribution in [0.4, 0.5) is 0 Å². The maximum absolute atomic E-state index is 13.0. The molecule has 1 atom stereocenters. The first kappa shape index (κ1) is 17.7. The summed E-state index contributed by atoms with van der Waals surface area (Å²) in [7, 11) is 1.99. The largest absolute Gasteiger partial charge is 0.380 e. The molecule has 3 heterocycles. The fourth-order valence-corrected chi connectivity index (χ4v) is 3.41. The highest BCUT2D eigenvalue weighted by atomic mass is 16.5. The third kappa shape index (κ3) is 3.46. The lowest BCUT2D eigenvalue weighted by molar-refractivity contribution is 0.0590. The van der Waals surface area contributed by atoms with Crippen molar-refractivity contribution in [2.45, 2.75) is 40.2 Å². The average molecular weight is 346 g/mol. The molecule has 0 bridgehead atoms. The molecule has 2 aromatic rings. The molecule has 7 heteroatoms. The van der Waals surface area contributed by atoms with Crippen molar-refractivity contribution in [2.24, 2.45) is 13.0 Å². The topological polar surface area (TPSA) is 73.4 Å². The van der Waals surface area contributed by atoms with Crippen LogP contribution in [0.25, 0.3) is 0 Å². The molecule has 0 aromatic carbocycles. The van der Waals surface area contributed by atoms with E-state index in [0.717, 1.165) is 11.4 Å². The third-order valence-electron chi connectivity index (χ3n) is 4.54. The summed E-state index contributed by atoms with van der Waals surface area (Å²) in [5.41, 5.74) is 3.28. The van der Waals surface area contributed by atoms with Crippen molar-refractivity contribution in [1.82, 2.24) is 19.6 Å². The van der Waals surface area contributed by atoms with Gasteiger partial charge in [-0.2, -0.15) is 0 Å². The molecule has 0 N–H and O–H groups in total. The Balaban J connectivity index is 1.83. The van der Waals surface area contributed by atoms with Gasteiger partial charge in [0, 0.05) is 31.8 Å². The minimum Gasteiger partial charge on any atom is -0.380 e. The van der Waals surface area contributed by atoms with Crippen LogP contribution in [0.2, 0.25) is 0 Å². The lowest BCUT2D eigenvalue weighted by Gasteiger charge is -2.33. The van der Waals surface area contributed by atoms with Gasteiger partial charge in [0.15, 0.2) is 0 Å². The minimum atomic E-state index is -0.0542. The van der Waals surface area contributed by atoms with E-state index in [1.54, 1.807) is 13.8 Å². The molecule has 0 fully saturated rings. The van der Waals surface area contributed by atoms with Crippen molar-refractivity contribution < 1.29 is 14.1 Å². The number of imidazole rings is 1. The maximum atomic E-state index is 13.0. The van der Waals surface area contributed by atoms with Crippen LogP contribution in [0.1, 0.15) is 53.0 Å². The Kier molecular flexibility index (Phi) is 4.94. The zero-order valence-electron chi connectivity index (χ0n) is 15.6. The Morgan fingerprint density at radius 2 is 2.20 bits per heavy atom. The van der Waals surface area contributed by atoms with E-state index in [0.29, 0.717) is 49.2 Å². The normalized spacial score (nSPS) is 17.2. The first-order valence-corrected chi connectivity index (χ1v) is 8.68. The monoisotopic (exact) mass is 346 g/mol. The number of carbonyl (C=O) groups is 1. The second-order valence-corrected chi connectivity index (χ2v) is 7.20. The molecular weight excluding hydrogens is 320 g/mol. The lowest BCUT2D eigenvalue weighted by Crippen LogP contribution is -2.40. The molecule has 7 nitrogen and oxygen atoms in total. The van der Waals surface area contributed by atoms with Gasteiger partial charge in [-0.05, 0) is 19.8 Å². The highest BCUT2D eigenvalue weighted by molar-refractivity contribution is 5.96. The quantitative estimate of drug-likeness (QED) is 0.831. The van der Waals surface area contributed by atoms with E-state index in [1.807, 2.05) is 22.8 Å². The summed E-state index contributed by atoms with van der Waals surface area (Å²) in [4.78, 5) is 19.3. The van der Waals surface area contributed by atoms with E-state index < -0.39 is 0 Å². The zero-order chi connectivity index (χ0) is 18.1. The van der Waals surface area contributed by atoms with Crippen LogP contribution in [0, 0.1) is 19.8 Å². The summed E-state index contributed by atoms with van der Waals surface area (Å²) in [6, 6.07) is 0. The van der Waals surface area contributed by atoms with Crippen LogP contribution >= 0.6 is 0 Å². The zero-order valence-corrected chi connectivity index (χ0v) is 15.6. The van der Waals surface area contributed by atoms with Gasteiger partial charge in [0.05, 0.1) is 30.9 Å². The van der Waals surface area contributed by atoms with Gasteiger partial charge in [-0.25, -0.2) is 4.98 Å². The van der Waals surface area contributed by atoms with Crippen molar-refractivity contribution in [2.75, 3.05) is 19.8 Å². The highest BCUT2D eigenvalue weighted by Gasteiger charge is 2.33. The van der Waals surface area contributed by atoms with Crippen LogP contribution in [-0.2, 0) is 18.3 Å². The first-order valence-electron chi connectivity index (χ1n) is 8.68. The predicted molar refractivity (Wildman–Crippen MR) is 92.3 cm³/mol. The molecule has 0 saturated carbocycles. The molecule has 136 valence electrons. The van der Waals surface area contributed by atoms with Crippen LogP contribution in [-0.4, -0.2) is 45.3 Å². The number of carbonyl (C=O) groups excluding carboxylic acids is 1. The summed E-state index contributed by atoms with van der Waals surface area (Å²) in [5, 5.41) is 3.90. The van der Waals surface area contributed by atoms with Gasteiger partial charge in [0.25, 0.3) is 5.91 Å². The number of rotatable bonds is 5. The molecular formula is C18H26N4O3. The number of hydrogen-bond donors (Lipinski definition) is 0. The molecule has 0 radical (unpaired) electrons. The van der Waals surface area contributed by atoms with E-state index in [-0.39, 0.29) is 11.8 Å². The first-order chi connectivity index (χ1) is 11.9. The highest BCUT2D eigenvalue weighted by Crippen LogP contribution is 2.29. The number of fused-ring (bicyclic) bond motifs is 1. The summed E-state index contributed by atoms with van der Waals surface area (Å²) in [6.45, 7) is 10.2. The molecule has 3 rings (SSSR count). The smallest absolute Gasteiger partial charge is 0.259 e. The van der Waals surface area contributed by atoms with Crippen LogP contribution < -0.4 is 0 Å². The fourth-order valence-electron chi connectivity index (χ4n) is 3.41. The number of ether oxygens (including phenoxy) is 1. The predicted octanol–water partition coefficient (Wildman–Crippen LogP) is 2.44. The summed E-state index contributed by atoms with van der Waals surface area (Å²) < 4.78 is 13.1. The van der Waals surface area contributed by atoms with Gasteiger partial charge >= 0.3 is 0 Å². The summed E-state index contributed by atoms with van der Waals surface area (Å²) in [6.07, 6.45) is 1.81. The average Bonchev–Trinajstić information content (AvgIpc) is 3.09. The van der Waals surface area contributed by atoms with Gasteiger partial charge in [0.1, 0.15) is 11.3 Å². The van der Waals surface area contributed by atoms with E-state index in [2.05, 4.69) is 24.0 Å². The van der Waals surface area contributed by atoms with Crippen LogP contribution in [0.5, 0.6) is 0 Å². The van der Waals surface area contributed by atoms with Crippen molar-refractivity contribution >= 4 is 5.91 Å².